The Balaban J connectivity index is 1.93. The number of amides is 1. The van der Waals surface area contributed by atoms with Gasteiger partial charge in [0.05, 0.1) is 11.7 Å². The molecule has 3 rings (SSSR count). The van der Waals surface area contributed by atoms with Crippen LogP contribution in [0.2, 0.25) is 0 Å². The van der Waals surface area contributed by atoms with Crippen molar-refractivity contribution in [3.05, 3.63) is 58.7 Å². The molecule has 0 saturated heterocycles. The van der Waals surface area contributed by atoms with Gasteiger partial charge in [0, 0.05) is 0 Å². The molecule has 2 atom stereocenters. The number of ether oxygens (including phenoxy) is 2. The fourth-order valence-electron chi connectivity index (χ4n) is 3.40. The monoisotopic (exact) mass is 426 g/mol. The summed E-state index contributed by atoms with van der Waals surface area (Å²) >= 11 is 5.35. The molecular formula is C24H30N2O3S. The normalized spacial score (nSPS) is 16.7. The fourth-order valence-corrected chi connectivity index (χ4v) is 3.56. The van der Waals surface area contributed by atoms with E-state index in [0.29, 0.717) is 11.4 Å². The van der Waals surface area contributed by atoms with E-state index in [2.05, 4.69) is 36.6 Å². The molecule has 2 unspecified atom stereocenters. The number of rotatable bonds is 4. The number of anilines is 1. The lowest BCUT2D eigenvalue weighted by Crippen LogP contribution is -2.36. The third kappa shape index (κ3) is 5.30. The molecule has 0 bridgehead atoms. The van der Waals surface area contributed by atoms with Gasteiger partial charge in [-0.15, -0.1) is 0 Å². The molecule has 2 aromatic carbocycles. The highest BCUT2D eigenvalue weighted by Crippen LogP contribution is 2.34. The largest absolute Gasteiger partial charge is 0.481 e. The number of nitrogens with one attached hydrogen (secondary N) is 2. The lowest BCUT2D eigenvalue weighted by atomic mass is 9.93. The first-order chi connectivity index (χ1) is 14.0. The van der Waals surface area contributed by atoms with Gasteiger partial charge in [0.25, 0.3) is 0 Å². The number of thiocarbonyl (C=S) groups is 1. The van der Waals surface area contributed by atoms with Gasteiger partial charge >= 0.3 is 6.09 Å². The zero-order valence-electron chi connectivity index (χ0n) is 18.5. The molecule has 1 aliphatic rings. The molecule has 0 radical (unpaired) electrons. The van der Waals surface area contributed by atoms with Crippen molar-refractivity contribution in [2.24, 2.45) is 0 Å². The predicted molar refractivity (Wildman–Crippen MR) is 124 cm³/mol. The minimum atomic E-state index is -0.568. The van der Waals surface area contributed by atoms with Crippen molar-refractivity contribution in [3.8, 4) is 5.75 Å². The number of fused-ring (bicyclic) bond motifs is 1. The Morgan fingerprint density at radius 3 is 2.70 bits per heavy atom. The quantitative estimate of drug-likeness (QED) is 0.620. The smallest absolute Gasteiger partial charge is 0.408 e. The second-order valence-corrected chi connectivity index (χ2v) is 9.21. The lowest BCUT2D eigenvalue weighted by Gasteiger charge is -2.28. The van der Waals surface area contributed by atoms with Gasteiger partial charge in [0.2, 0.25) is 0 Å². The first-order valence-corrected chi connectivity index (χ1v) is 10.6. The van der Waals surface area contributed by atoms with Crippen LogP contribution < -0.4 is 15.4 Å². The highest BCUT2D eigenvalue weighted by atomic mass is 32.1. The summed E-state index contributed by atoms with van der Waals surface area (Å²) in [6.45, 7) is 11.7. The Morgan fingerprint density at radius 1 is 1.27 bits per heavy atom. The number of benzene rings is 2. The third-order valence-electron chi connectivity index (χ3n) is 5.17. The Kier molecular flexibility index (Phi) is 6.36. The molecule has 1 heterocycles. The number of carbonyl (C=O) groups excluding carboxylic acids is 1. The number of alkyl carbamates (subject to hydrolysis) is 1. The summed E-state index contributed by atoms with van der Waals surface area (Å²) in [7, 11) is 0. The summed E-state index contributed by atoms with van der Waals surface area (Å²) in [4.78, 5) is 13.2. The fraction of sp³-hybridized carbons (Fsp3) is 0.417. The van der Waals surface area contributed by atoms with Gasteiger partial charge in [-0.05, 0) is 82.3 Å². The van der Waals surface area contributed by atoms with Crippen LogP contribution in [0.25, 0.3) is 0 Å². The van der Waals surface area contributed by atoms with E-state index in [1.165, 1.54) is 16.7 Å². The van der Waals surface area contributed by atoms with E-state index in [4.69, 9.17) is 21.7 Å². The minimum absolute atomic E-state index is 0.163. The maximum absolute atomic E-state index is 12.6. The summed E-state index contributed by atoms with van der Waals surface area (Å²) in [6, 6.07) is 11.9. The van der Waals surface area contributed by atoms with Gasteiger partial charge in [-0.3, -0.25) is 0 Å². The molecule has 1 aliphatic heterocycles. The summed E-state index contributed by atoms with van der Waals surface area (Å²) < 4.78 is 11.4. The minimum Gasteiger partial charge on any atom is -0.481 e. The average Bonchev–Trinajstić information content (AvgIpc) is 2.64. The summed E-state index contributed by atoms with van der Waals surface area (Å²) in [5.74, 6) is 0.752. The van der Waals surface area contributed by atoms with Crippen molar-refractivity contribution in [2.45, 2.75) is 65.7 Å². The lowest BCUT2D eigenvalue weighted by molar-refractivity contribution is 0.0503. The standard InChI is InChI=1S/C24H30N2O3S/c1-14-8-7-9-17(15(14)2)12-19(26-23(27)29-24(4,5)6)18-10-11-21-20(13-18)25-22(30)16(3)28-21/h7-11,13,16,19H,12H2,1-6H3,(H,25,30)(H,26,27). The summed E-state index contributed by atoms with van der Waals surface area (Å²) in [6.07, 6.45) is 0.0422. The van der Waals surface area contributed by atoms with Crippen molar-refractivity contribution in [1.82, 2.24) is 5.32 Å². The molecule has 2 aromatic rings. The zero-order valence-corrected chi connectivity index (χ0v) is 19.3. The molecule has 0 aromatic heterocycles. The molecule has 5 nitrogen and oxygen atoms in total. The number of carbonyl (C=O) groups is 1. The van der Waals surface area contributed by atoms with Gasteiger partial charge in [-0.1, -0.05) is 36.5 Å². The molecule has 30 heavy (non-hydrogen) atoms. The van der Waals surface area contributed by atoms with E-state index in [1.54, 1.807) is 0 Å². The topological polar surface area (TPSA) is 59.6 Å². The highest BCUT2D eigenvalue weighted by molar-refractivity contribution is 7.80. The van der Waals surface area contributed by atoms with E-state index < -0.39 is 11.7 Å². The molecule has 0 aliphatic carbocycles. The Labute approximate surface area is 184 Å². The van der Waals surface area contributed by atoms with Crippen LogP contribution >= 0.6 is 12.2 Å². The molecular weight excluding hydrogens is 396 g/mol. The second kappa shape index (κ2) is 8.64. The summed E-state index contributed by atoms with van der Waals surface area (Å²) in [5, 5.41) is 6.29. The van der Waals surface area contributed by atoms with E-state index in [1.807, 2.05) is 52.0 Å². The van der Waals surface area contributed by atoms with Crippen LogP contribution in [0.1, 0.15) is 56.0 Å². The van der Waals surface area contributed by atoms with Crippen molar-refractivity contribution in [1.29, 1.82) is 0 Å². The van der Waals surface area contributed by atoms with E-state index in [9.17, 15) is 4.79 Å². The van der Waals surface area contributed by atoms with Crippen LogP contribution in [-0.4, -0.2) is 22.8 Å². The molecule has 160 valence electrons. The summed E-state index contributed by atoms with van der Waals surface area (Å²) in [5.41, 5.74) is 4.83. The van der Waals surface area contributed by atoms with Crippen LogP contribution in [0.4, 0.5) is 10.5 Å². The molecule has 0 saturated carbocycles. The first kappa shape index (κ1) is 22.1. The molecule has 0 spiro atoms. The SMILES string of the molecule is Cc1cccc(CC(NC(=O)OC(C)(C)C)c2ccc3c(c2)NC(=S)C(C)O3)c1C. The average molecular weight is 427 g/mol. The molecule has 2 N–H and O–H groups in total. The highest BCUT2D eigenvalue weighted by Gasteiger charge is 2.25. The van der Waals surface area contributed by atoms with Crippen molar-refractivity contribution >= 4 is 29.0 Å². The van der Waals surface area contributed by atoms with Gasteiger partial charge < -0.3 is 20.1 Å². The second-order valence-electron chi connectivity index (χ2n) is 8.77. The number of aryl methyl sites for hydroxylation is 1. The Bertz CT molecular complexity index is 965. The molecule has 0 fully saturated rings. The van der Waals surface area contributed by atoms with Crippen LogP contribution in [-0.2, 0) is 11.2 Å². The molecule has 6 heteroatoms. The third-order valence-corrected chi connectivity index (χ3v) is 5.60. The number of hydrogen-bond acceptors (Lipinski definition) is 4. The first-order valence-electron chi connectivity index (χ1n) is 10.2. The van der Waals surface area contributed by atoms with Crippen LogP contribution in [0.5, 0.6) is 5.75 Å². The van der Waals surface area contributed by atoms with Crippen molar-refractivity contribution < 1.29 is 14.3 Å². The van der Waals surface area contributed by atoms with E-state index in [0.717, 1.165) is 17.0 Å². The van der Waals surface area contributed by atoms with Gasteiger partial charge in [-0.25, -0.2) is 4.79 Å². The maximum atomic E-state index is 12.6. The van der Waals surface area contributed by atoms with Crippen LogP contribution in [0, 0.1) is 13.8 Å². The Hall–Kier alpha value is -2.60. The van der Waals surface area contributed by atoms with Crippen molar-refractivity contribution in [3.63, 3.8) is 0 Å². The number of hydrogen-bond donors (Lipinski definition) is 2. The molecule has 1 amide bonds. The Morgan fingerprint density at radius 2 is 2.00 bits per heavy atom. The van der Waals surface area contributed by atoms with Gasteiger partial charge in [0.15, 0.2) is 0 Å². The van der Waals surface area contributed by atoms with Gasteiger partial charge in [0.1, 0.15) is 22.4 Å². The van der Waals surface area contributed by atoms with Crippen LogP contribution in [0.3, 0.4) is 0 Å². The van der Waals surface area contributed by atoms with E-state index >= 15 is 0 Å². The van der Waals surface area contributed by atoms with Crippen molar-refractivity contribution in [2.75, 3.05) is 5.32 Å². The van der Waals surface area contributed by atoms with E-state index in [-0.39, 0.29) is 12.1 Å². The predicted octanol–water partition coefficient (Wildman–Crippen LogP) is 5.63. The van der Waals surface area contributed by atoms with Gasteiger partial charge in [-0.2, -0.15) is 0 Å². The van der Waals surface area contributed by atoms with Crippen LogP contribution in [0.15, 0.2) is 36.4 Å². The zero-order chi connectivity index (χ0) is 22.1. The maximum Gasteiger partial charge on any atom is 0.408 e.